The smallest absolute Gasteiger partial charge is 0.240 e. The average Bonchev–Trinajstić information content (AvgIpc) is 2.73. The molecule has 2 aromatic rings. The van der Waals surface area contributed by atoms with Crippen LogP contribution in [0.3, 0.4) is 0 Å². The van der Waals surface area contributed by atoms with Crippen LogP contribution in [0.5, 0.6) is 0 Å². The number of hydrogen-bond acceptors (Lipinski definition) is 4. The summed E-state index contributed by atoms with van der Waals surface area (Å²) in [6, 6.07) is 12.2. The Morgan fingerprint density at radius 2 is 1.83 bits per heavy atom. The van der Waals surface area contributed by atoms with Crippen LogP contribution in [0.1, 0.15) is 24.8 Å². The quantitative estimate of drug-likeness (QED) is 0.642. The van der Waals surface area contributed by atoms with Gasteiger partial charge in [-0.05, 0) is 48.7 Å². The Labute approximate surface area is 180 Å². The second-order valence-electron chi connectivity index (χ2n) is 7.28. The lowest BCUT2D eigenvalue weighted by Gasteiger charge is -2.38. The maximum atomic E-state index is 13.3. The van der Waals surface area contributed by atoms with Gasteiger partial charge in [0.05, 0.1) is 4.90 Å². The third-order valence-corrected chi connectivity index (χ3v) is 6.97. The van der Waals surface area contributed by atoms with Crippen LogP contribution in [0.4, 0.5) is 4.39 Å². The number of halogens is 2. The number of rotatable bonds is 8. The van der Waals surface area contributed by atoms with E-state index in [4.69, 9.17) is 16.3 Å². The van der Waals surface area contributed by atoms with Crippen molar-refractivity contribution in [1.82, 2.24) is 10.0 Å². The molecule has 9 heteroatoms. The molecule has 1 aliphatic rings. The van der Waals surface area contributed by atoms with Gasteiger partial charge in [-0.15, -0.1) is 0 Å². The average molecular weight is 455 g/mol. The summed E-state index contributed by atoms with van der Waals surface area (Å²) >= 11 is 5.84. The highest BCUT2D eigenvalue weighted by Gasteiger charge is 2.34. The van der Waals surface area contributed by atoms with Crippen molar-refractivity contribution >= 4 is 27.5 Å². The molecule has 1 saturated heterocycles. The lowest BCUT2D eigenvalue weighted by Crippen LogP contribution is -2.45. The summed E-state index contributed by atoms with van der Waals surface area (Å²) in [5.74, 6) is -0.575. The summed E-state index contributed by atoms with van der Waals surface area (Å²) in [6.07, 6.45) is 1.41. The van der Waals surface area contributed by atoms with Crippen molar-refractivity contribution in [2.24, 2.45) is 0 Å². The first-order valence-corrected chi connectivity index (χ1v) is 11.5. The summed E-state index contributed by atoms with van der Waals surface area (Å²) in [6.45, 7) is 1.47. The van der Waals surface area contributed by atoms with Gasteiger partial charge in [0.15, 0.2) is 0 Å². The van der Waals surface area contributed by atoms with E-state index < -0.39 is 10.0 Å². The van der Waals surface area contributed by atoms with Gasteiger partial charge in [-0.2, -0.15) is 0 Å². The summed E-state index contributed by atoms with van der Waals surface area (Å²) in [7, 11) is -3.74. The van der Waals surface area contributed by atoms with Gasteiger partial charge in [0, 0.05) is 43.2 Å². The first-order chi connectivity index (χ1) is 14.3. The predicted octanol–water partition coefficient (Wildman–Crippen LogP) is 3.01. The Bertz CT molecular complexity index is 977. The number of benzene rings is 2. The van der Waals surface area contributed by atoms with Gasteiger partial charge in [-0.3, -0.25) is 4.79 Å². The molecule has 0 radical (unpaired) electrons. The molecular formula is C21H24ClFN2O4S. The summed E-state index contributed by atoms with van der Waals surface area (Å²) in [5.41, 5.74) is 0.621. The lowest BCUT2D eigenvalue weighted by molar-refractivity contribution is -0.121. The fraction of sp³-hybridized carbons (Fsp3) is 0.381. The van der Waals surface area contributed by atoms with Gasteiger partial charge in [-0.1, -0.05) is 29.8 Å². The van der Waals surface area contributed by atoms with Crippen LogP contribution in [-0.4, -0.2) is 40.6 Å². The zero-order valence-electron chi connectivity index (χ0n) is 16.4. The molecule has 0 aromatic heterocycles. The third kappa shape index (κ3) is 5.78. The molecule has 2 aromatic carbocycles. The van der Waals surface area contributed by atoms with E-state index in [1.165, 1.54) is 24.3 Å². The Morgan fingerprint density at radius 1 is 1.13 bits per heavy atom. The molecule has 1 heterocycles. The van der Waals surface area contributed by atoms with Gasteiger partial charge < -0.3 is 10.1 Å². The minimum absolute atomic E-state index is 0.00417. The molecule has 162 valence electrons. The lowest BCUT2D eigenvalue weighted by atomic mass is 9.74. The van der Waals surface area contributed by atoms with Crippen LogP contribution in [0.15, 0.2) is 53.4 Å². The number of ether oxygens (including phenoxy) is 1. The van der Waals surface area contributed by atoms with Crippen LogP contribution >= 0.6 is 11.6 Å². The van der Waals surface area contributed by atoms with E-state index in [1.54, 1.807) is 24.3 Å². The highest BCUT2D eigenvalue weighted by atomic mass is 35.5. The molecule has 0 bridgehead atoms. The summed E-state index contributed by atoms with van der Waals surface area (Å²) in [4.78, 5) is 12.4. The van der Waals surface area contributed by atoms with Gasteiger partial charge in [-0.25, -0.2) is 17.5 Å². The van der Waals surface area contributed by atoms with Crippen molar-refractivity contribution < 1.29 is 22.3 Å². The van der Waals surface area contributed by atoms with E-state index in [9.17, 15) is 17.6 Å². The van der Waals surface area contributed by atoms with Crippen molar-refractivity contribution in [2.75, 3.05) is 26.3 Å². The van der Waals surface area contributed by atoms with Gasteiger partial charge >= 0.3 is 0 Å². The van der Waals surface area contributed by atoms with Gasteiger partial charge in [0.1, 0.15) is 5.82 Å². The molecule has 1 aliphatic heterocycles. The summed E-state index contributed by atoms with van der Waals surface area (Å²) in [5, 5.41) is 3.22. The van der Waals surface area contributed by atoms with Gasteiger partial charge in [0.2, 0.25) is 15.9 Å². The Morgan fingerprint density at radius 3 is 2.50 bits per heavy atom. The molecule has 6 nitrogen and oxygen atoms in total. The molecule has 0 unspecified atom stereocenters. The van der Waals surface area contributed by atoms with Crippen LogP contribution in [0, 0.1) is 5.82 Å². The Hall–Kier alpha value is -2.00. The van der Waals surface area contributed by atoms with Crippen LogP contribution < -0.4 is 10.0 Å². The molecule has 0 aliphatic carbocycles. The zero-order valence-corrected chi connectivity index (χ0v) is 17.9. The fourth-order valence-electron chi connectivity index (χ4n) is 3.51. The predicted molar refractivity (Wildman–Crippen MR) is 112 cm³/mol. The van der Waals surface area contributed by atoms with E-state index in [-0.39, 0.29) is 35.0 Å². The van der Waals surface area contributed by atoms with Crippen molar-refractivity contribution in [2.45, 2.75) is 29.6 Å². The molecule has 1 fully saturated rings. The standard InChI is InChI=1S/C21H24ClFN2O4S/c22-17-2-1-3-19(14-17)30(27,28)25-11-8-20(26)24-15-21(9-12-29-13-10-21)16-4-6-18(23)7-5-16/h1-7,14,25H,8-13,15H2,(H,24,26). The van der Waals surface area contributed by atoms with Crippen molar-refractivity contribution in [3.05, 3.63) is 64.9 Å². The Kier molecular flexibility index (Phi) is 7.46. The van der Waals surface area contributed by atoms with E-state index in [2.05, 4.69) is 10.0 Å². The van der Waals surface area contributed by atoms with E-state index >= 15 is 0 Å². The minimum Gasteiger partial charge on any atom is -0.381 e. The fourth-order valence-corrected chi connectivity index (χ4v) is 4.84. The van der Waals surface area contributed by atoms with Crippen molar-refractivity contribution in [1.29, 1.82) is 0 Å². The SMILES string of the molecule is O=C(CCNS(=O)(=O)c1cccc(Cl)c1)NCC1(c2ccc(F)cc2)CCOCC1. The van der Waals surface area contributed by atoms with Crippen molar-refractivity contribution in [3.8, 4) is 0 Å². The van der Waals surface area contributed by atoms with E-state index in [0.717, 1.165) is 5.56 Å². The van der Waals surface area contributed by atoms with E-state index in [1.807, 2.05) is 0 Å². The van der Waals surface area contributed by atoms with Crippen LogP contribution in [0.2, 0.25) is 5.02 Å². The first kappa shape index (κ1) is 22.7. The molecule has 1 amide bonds. The van der Waals surface area contributed by atoms with Crippen molar-refractivity contribution in [3.63, 3.8) is 0 Å². The third-order valence-electron chi connectivity index (χ3n) is 5.28. The minimum atomic E-state index is -3.74. The highest BCUT2D eigenvalue weighted by Crippen LogP contribution is 2.34. The topological polar surface area (TPSA) is 84.5 Å². The zero-order chi connectivity index (χ0) is 21.6. The number of hydrogen-bond donors (Lipinski definition) is 2. The molecular weight excluding hydrogens is 431 g/mol. The highest BCUT2D eigenvalue weighted by molar-refractivity contribution is 7.89. The first-order valence-electron chi connectivity index (χ1n) is 9.67. The molecule has 0 saturated carbocycles. The molecule has 0 atom stereocenters. The molecule has 0 spiro atoms. The van der Waals surface area contributed by atoms with E-state index in [0.29, 0.717) is 37.6 Å². The molecule has 30 heavy (non-hydrogen) atoms. The van der Waals surface area contributed by atoms with Gasteiger partial charge in [0.25, 0.3) is 0 Å². The molecule has 2 N–H and O–H groups in total. The number of amides is 1. The molecule has 3 rings (SSSR count). The largest absolute Gasteiger partial charge is 0.381 e. The normalized spacial score (nSPS) is 16.2. The number of carbonyl (C=O) groups is 1. The monoisotopic (exact) mass is 454 g/mol. The summed E-state index contributed by atoms with van der Waals surface area (Å²) < 4.78 is 45.8. The van der Waals surface area contributed by atoms with Crippen LogP contribution in [-0.2, 0) is 25.0 Å². The second-order valence-corrected chi connectivity index (χ2v) is 9.48. The maximum Gasteiger partial charge on any atom is 0.240 e. The number of sulfonamides is 1. The Balaban J connectivity index is 1.55. The number of nitrogens with one attached hydrogen (secondary N) is 2. The maximum absolute atomic E-state index is 13.3. The second kappa shape index (κ2) is 9.87. The number of carbonyl (C=O) groups excluding carboxylic acids is 1. The van der Waals surface area contributed by atoms with Crippen LogP contribution in [0.25, 0.3) is 0 Å².